The van der Waals surface area contributed by atoms with Gasteiger partial charge in [0.05, 0.1) is 20.1 Å². The molecule has 0 fully saturated rings. The summed E-state index contributed by atoms with van der Waals surface area (Å²) >= 11 is 0. The highest BCUT2D eigenvalue weighted by Gasteiger charge is 2.22. The number of esters is 1. The van der Waals surface area contributed by atoms with Crippen molar-refractivity contribution in [2.75, 3.05) is 13.7 Å². The zero-order valence-corrected chi connectivity index (χ0v) is 10.8. The molecule has 18 heavy (non-hydrogen) atoms. The Morgan fingerprint density at radius 1 is 1.56 bits per heavy atom. The van der Waals surface area contributed by atoms with Crippen molar-refractivity contribution < 1.29 is 14.3 Å². The van der Waals surface area contributed by atoms with Crippen LogP contribution in [-0.2, 0) is 16.0 Å². The molecule has 0 saturated heterocycles. The van der Waals surface area contributed by atoms with E-state index >= 15 is 0 Å². The molecule has 1 aliphatic rings. The Kier molecular flexibility index (Phi) is 3.87. The second kappa shape index (κ2) is 5.40. The van der Waals surface area contributed by atoms with E-state index in [0.717, 1.165) is 24.3 Å². The molecule has 4 heteroatoms. The van der Waals surface area contributed by atoms with Gasteiger partial charge in [0.1, 0.15) is 5.75 Å². The summed E-state index contributed by atoms with van der Waals surface area (Å²) in [5, 5.41) is 0. The molecule has 0 amide bonds. The van der Waals surface area contributed by atoms with Crippen molar-refractivity contribution >= 4 is 5.97 Å². The smallest absolute Gasteiger partial charge is 0.306 e. The maximum Gasteiger partial charge on any atom is 0.306 e. The van der Waals surface area contributed by atoms with Gasteiger partial charge in [0.15, 0.2) is 0 Å². The lowest BCUT2D eigenvalue weighted by Crippen LogP contribution is -2.27. The fourth-order valence-electron chi connectivity index (χ4n) is 2.31. The summed E-state index contributed by atoms with van der Waals surface area (Å²) in [4.78, 5) is 11.4. The van der Waals surface area contributed by atoms with Gasteiger partial charge in [-0.25, -0.2) is 0 Å². The van der Waals surface area contributed by atoms with Gasteiger partial charge in [0, 0.05) is 18.4 Å². The van der Waals surface area contributed by atoms with Crippen LogP contribution in [0.3, 0.4) is 0 Å². The molecule has 1 aromatic rings. The van der Waals surface area contributed by atoms with Crippen molar-refractivity contribution in [3.05, 3.63) is 29.3 Å². The van der Waals surface area contributed by atoms with Crippen LogP contribution in [0.15, 0.2) is 18.2 Å². The van der Waals surface area contributed by atoms with Crippen LogP contribution in [0.1, 0.15) is 30.4 Å². The highest BCUT2D eigenvalue weighted by atomic mass is 16.5. The van der Waals surface area contributed by atoms with Crippen molar-refractivity contribution in [1.29, 1.82) is 0 Å². The van der Waals surface area contributed by atoms with Crippen LogP contribution in [-0.4, -0.2) is 25.7 Å². The second-order valence-corrected chi connectivity index (χ2v) is 4.71. The quantitative estimate of drug-likeness (QED) is 0.824. The van der Waals surface area contributed by atoms with Gasteiger partial charge in [-0.15, -0.1) is 0 Å². The normalized spacial score (nSPS) is 16.6. The molecule has 1 aromatic carbocycles. The molecule has 0 saturated carbocycles. The third kappa shape index (κ3) is 2.64. The van der Waals surface area contributed by atoms with E-state index in [9.17, 15) is 4.79 Å². The maximum atomic E-state index is 11.4. The minimum Gasteiger partial charge on any atom is -0.493 e. The minimum absolute atomic E-state index is 0.0108. The Morgan fingerprint density at radius 2 is 2.33 bits per heavy atom. The first-order chi connectivity index (χ1) is 8.61. The number of rotatable bonds is 4. The number of nitrogens with two attached hydrogens (primary N) is 1. The van der Waals surface area contributed by atoms with Crippen LogP contribution in [0, 0.1) is 0 Å². The van der Waals surface area contributed by atoms with Gasteiger partial charge >= 0.3 is 5.97 Å². The Balaban J connectivity index is 2.22. The van der Waals surface area contributed by atoms with Crippen molar-refractivity contribution in [2.24, 2.45) is 5.73 Å². The van der Waals surface area contributed by atoms with Gasteiger partial charge in [0.2, 0.25) is 0 Å². The van der Waals surface area contributed by atoms with E-state index in [1.807, 2.05) is 19.1 Å². The molecule has 2 atom stereocenters. The maximum absolute atomic E-state index is 11.4. The second-order valence-electron chi connectivity index (χ2n) is 4.71. The van der Waals surface area contributed by atoms with E-state index in [2.05, 4.69) is 6.07 Å². The molecule has 0 radical (unpaired) electrons. The summed E-state index contributed by atoms with van der Waals surface area (Å²) in [6.07, 6.45) is 1.24. The molecule has 98 valence electrons. The van der Waals surface area contributed by atoms with Gasteiger partial charge in [-0.1, -0.05) is 12.1 Å². The van der Waals surface area contributed by atoms with Crippen LogP contribution in [0.5, 0.6) is 5.75 Å². The lowest BCUT2D eigenvalue weighted by molar-refractivity contribution is -0.141. The summed E-state index contributed by atoms with van der Waals surface area (Å²) in [5.74, 6) is 0.706. The molecular weight excluding hydrogens is 230 g/mol. The van der Waals surface area contributed by atoms with Crippen LogP contribution in [0.2, 0.25) is 0 Å². The minimum atomic E-state index is -0.228. The zero-order valence-electron chi connectivity index (χ0n) is 10.8. The predicted octanol–water partition coefficient (Wildman–Crippen LogP) is 1.62. The van der Waals surface area contributed by atoms with Gasteiger partial charge in [-0.2, -0.15) is 0 Å². The zero-order chi connectivity index (χ0) is 13.1. The molecule has 0 spiro atoms. The van der Waals surface area contributed by atoms with E-state index in [1.54, 1.807) is 0 Å². The van der Waals surface area contributed by atoms with E-state index < -0.39 is 0 Å². The fourth-order valence-corrected chi connectivity index (χ4v) is 2.31. The molecule has 2 unspecified atom stereocenters. The molecule has 0 bridgehead atoms. The van der Waals surface area contributed by atoms with Crippen molar-refractivity contribution in [2.45, 2.75) is 31.7 Å². The van der Waals surface area contributed by atoms with Crippen LogP contribution >= 0.6 is 0 Å². The fraction of sp³-hybridized carbons (Fsp3) is 0.500. The average molecular weight is 249 g/mol. The molecule has 0 aromatic heterocycles. The Morgan fingerprint density at radius 3 is 3.00 bits per heavy atom. The number of hydrogen-bond donors (Lipinski definition) is 1. The lowest BCUT2D eigenvalue weighted by atomic mass is 9.88. The first-order valence-electron chi connectivity index (χ1n) is 6.20. The SMILES string of the molecule is COC(=O)CC(c1ccc2c(c1)CCO2)C(C)N. The van der Waals surface area contributed by atoms with Crippen molar-refractivity contribution in [3.63, 3.8) is 0 Å². The van der Waals surface area contributed by atoms with Gasteiger partial charge < -0.3 is 15.2 Å². The molecule has 4 nitrogen and oxygen atoms in total. The first-order valence-corrected chi connectivity index (χ1v) is 6.20. The molecule has 1 aliphatic heterocycles. The number of carbonyl (C=O) groups excluding carboxylic acids is 1. The molecule has 2 N–H and O–H groups in total. The van der Waals surface area contributed by atoms with Crippen LogP contribution < -0.4 is 10.5 Å². The summed E-state index contributed by atoms with van der Waals surface area (Å²) in [6, 6.07) is 5.95. The van der Waals surface area contributed by atoms with Crippen LogP contribution in [0.4, 0.5) is 0 Å². The number of ether oxygens (including phenoxy) is 2. The first kappa shape index (κ1) is 12.9. The van der Waals surface area contributed by atoms with Crippen molar-refractivity contribution in [1.82, 2.24) is 0 Å². The Labute approximate surface area is 107 Å². The largest absolute Gasteiger partial charge is 0.493 e. The highest BCUT2D eigenvalue weighted by molar-refractivity contribution is 5.70. The third-order valence-electron chi connectivity index (χ3n) is 3.39. The lowest BCUT2D eigenvalue weighted by Gasteiger charge is -2.20. The topological polar surface area (TPSA) is 61.5 Å². The Bertz CT molecular complexity index is 443. The number of hydrogen-bond acceptors (Lipinski definition) is 4. The number of carbonyl (C=O) groups is 1. The summed E-state index contributed by atoms with van der Waals surface area (Å²) < 4.78 is 10.2. The third-order valence-corrected chi connectivity index (χ3v) is 3.39. The molecule has 2 rings (SSSR count). The monoisotopic (exact) mass is 249 g/mol. The van der Waals surface area contributed by atoms with Gasteiger partial charge in [0.25, 0.3) is 0 Å². The van der Waals surface area contributed by atoms with E-state index in [-0.39, 0.29) is 17.9 Å². The van der Waals surface area contributed by atoms with Crippen LogP contribution in [0.25, 0.3) is 0 Å². The number of benzene rings is 1. The van der Waals surface area contributed by atoms with E-state index in [0.29, 0.717) is 6.42 Å². The number of methoxy groups -OCH3 is 1. The number of fused-ring (bicyclic) bond motifs is 1. The standard InChI is InChI=1S/C14H19NO3/c1-9(15)12(8-14(16)17-2)10-3-4-13-11(7-10)5-6-18-13/h3-4,7,9,12H,5-6,8,15H2,1-2H3. The van der Waals surface area contributed by atoms with E-state index in [1.165, 1.54) is 12.7 Å². The molecule has 0 aliphatic carbocycles. The Hall–Kier alpha value is -1.55. The predicted molar refractivity (Wildman–Crippen MR) is 68.7 cm³/mol. The highest BCUT2D eigenvalue weighted by Crippen LogP contribution is 2.31. The summed E-state index contributed by atoms with van der Waals surface area (Å²) in [6.45, 7) is 2.65. The summed E-state index contributed by atoms with van der Waals surface area (Å²) in [7, 11) is 1.40. The molecular formula is C14H19NO3. The van der Waals surface area contributed by atoms with E-state index in [4.69, 9.17) is 15.2 Å². The molecule has 1 heterocycles. The average Bonchev–Trinajstić information content (AvgIpc) is 2.82. The van der Waals surface area contributed by atoms with Gasteiger partial charge in [-0.05, 0) is 24.1 Å². The van der Waals surface area contributed by atoms with Crippen molar-refractivity contribution in [3.8, 4) is 5.75 Å². The summed E-state index contributed by atoms with van der Waals surface area (Å²) in [5.41, 5.74) is 8.26. The van der Waals surface area contributed by atoms with Gasteiger partial charge in [-0.3, -0.25) is 4.79 Å².